The van der Waals surface area contributed by atoms with Crippen molar-refractivity contribution in [1.29, 1.82) is 0 Å². The second kappa shape index (κ2) is 6.39. The largest absolute Gasteiger partial charge is 0.387 e. The van der Waals surface area contributed by atoms with Gasteiger partial charge in [0, 0.05) is 6.04 Å². The zero-order valence-electron chi connectivity index (χ0n) is 12.0. The van der Waals surface area contributed by atoms with Crippen molar-refractivity contribution in [3.8, 4) is 0 Å². The Labute approximate surface area is 125 Å². The van der Waals surface area contributed by atoms with Gasteiger partial charge in [0.05, 0.1) is 11.0 Å². The van der Waals surface area contributed by atoms with Crippen LogP contribution in [0.1, 0.15) is 24.2 Å². The summed E-state index contributed by atoms with van der Waals surface area (Å²) in [6, 6.07) is 15.0. The molecule has 0 unspecified atom stereocenters. The quantitative estimate of drug-likeness (QED) is 0.891. The lowest BCUT2D eigenvalue weighted by molar-refractivity contribution is 0.146. The van der Waals surface area contributed by atoms with Crippen LogP contribution in [0.2, 0.25) is 0 Å². The molecule has 0 fully saturated rings. The maximum atomic E-state index is 12.3. The van der Waals surface area contributed by atoms with E-state index in [1.54, 1.807) is 55.5 Å². The van der Waals surface area contributed by atoms with Crippen LogP contribution in [0, 0.1) is 6.92 Å². The highest BCUT2D eigenvalue weighted by Crippen LogP contribution is 2.18. The first-order valence-corrected chi connectivity index (χ1v) is 8.20. The van der Waals surface area contributed by atoms with E-state index in [1.807, 2.05) is 13.0 Å². The van der Waals surface area contributed by atoms with Crippen LogP contribution in [0.5, 0.6) is 0 Å². The molecule has 0 aliphatic carbocycles. The van der Waals surface area contributed by atoms with Crippen LogP contribution in [0.3, 0.4) is 0 Å². The summed E-state index contributed by atoms with van der Waals surface area (Å²) in [5.41, 5.74) is 1.67. The van der Waals surface area contributed by atoms with Crippen molar-refractivity contribution >= 4 is 10.0 Å². The summed E-state index contributed by atoms with van der Waals surface area (Å²) < 4.78 is 27.0. The van der Waals surface area contributed by atoms with Crippen molar-refractivity contribution in [2.24, 2.45) is 0 Å². The SMILES string of the molecule is Cc1ccc(S(=O)(=O)N[C@@H](C)[C@H](O)c2ccccc2)cc1. The van der Waals surface area contributed by atoms with Gasteiger partial charge in [-0.25, -0.2) is 13.1 Å². The molecule has 21 heavy (non-hydrogen) atoms. The lowest BCUT2D eigenvalue weighted by Gasteiger charge is -2.20. The standard InChI is InChI=1S/C16H19NO3S/c1-12-8-10-15(11-9-12)21(19,20)17-13(2)16(18)14-6-4-3-5-7-14/h3-11,13,16-18H,1-2H3/t13-,16-/m0/s1. The first-order valence-electron chi connectivity index (χ1n) is 6.72. The summed E-state index contributed by atoms with van der Waals surface area (Å²) in [4.78, 5) is 0.195. The molecule has 0 aromatic heterocycles. The fourth-order valence-corrected chi connectivity index (χ4v) is 3.28. The van der Waals surface area contributed by atoms with Crippen molar-refractivity contribution < 1.29 is 13.5 Å². The Balaban J connectivity index is 2.14. The second-order valence-electron chi connectivity index (χ2n) is 5.08. The molecule has 0 amide bonds. The van der Waals surface area contributed by atoms with Crippen LogP contribution in [-0.2, 0) is 10.0 Å². The monoisotopic (exact) mass is 305 g/mol. The first kappa shape index (κ1) is 15.7. The van der Waals surface area contributed by atoms with Gasteiger partial charge in [0.2, 0.25) is 10.0 Å². The Kier molecular flexibility index (Phi) is 4.77. The van der Waals surface area contributed by atoms with E-state index in [0.717, 1.165) is 5.56 Å². The van der Waals surface area contributed by atoms with E-state index in [4.69, 9.17) is 0 Å². The van der Waals surface area contributed by atoms with E-state index in [2.05, 4.69) is 4.72 Å². The molecule has 2 aromatic rings. The molecule has 0 aliphatic heterocycles. The molecule has 0 aliphatic rings. The zero-order chi connectivity index (χ0) is 15.5. The summed E-state index contributed by atoms with van der Waals surface area (Å²) in [5.74, 6) is 0. The molecule has 2 rings (SSSR count). The first-order chi connectivity index (χ1) is 9.90. The predicted octanol–water partition coefficient (Wildman–Crippen LogP) is 2.40. The Hall–Kier alpha value is -1.69. The second-order valence-corrected chi connectivity index (χ2v) is 6.79. The Morgan fingerprint density at radius 1 is 1.00 bits per heavy atom. The highest BCUT2D eigenvalue weighted by molar-refractivity contribution is 7.89. The molecule has 0 radical (unpaired) electrons. The molecule has 0 saturated carbocycles. The van der Waals surface area contributed by atoms with Gasteiger partial charge < -0.3 is 5.11 Å². The van der Waals surface area contributed by atoms with E-state index < -0.39 is 22.2 Å². The van der Waals surface area contributed by atoms with E-state index in [-0.39, 0.29) is 4.90 Å². The molecular weight excluding hydrogens is 286 g/mol. The van der Waals surface area contributed by atoms with Crippen molar-refractivity contribution in [3.63, 3.8) is 0 Å². The molecule has 4 nitrogen and oxygen atoms in total. The fourth-order valence-electron chi connectivity index (χ4n) is 2.03. The molecule has 2 N–H and O–H groups in total. The van der Waals surface area contributed by atoms with Crippen LogP contribution in [0.4, 0.5) is 0 Å². The highest BCUT2D eigenvalue weighted by atomic mass is 32.2. The van der Waals surface area contributed by atoms with Gasteiger partial charge in [-0.2, -0.15) is 0 Å². The Bertz CT molecular complexity index is 681. The van der Waals surface area contributed by atoms with E-state index in [9.17, 15) is 13.5 Å². The number of hydrogen-bond acceptors (Lipinski definition) is 3. The zero-order valence-corrected chi connectivity index (χ0v) is 12.8. The van der Waals surface area contributed by atoms with E-state index in [0.29, 0.717) is 5.56 Å². The van der Waals surface area contributed by atoms with Gasteiger partial charge in [-0.1, -0.05) is 48.0 Å². The third-order valence-corrected chi connectivity index (χ3v) is 4.86. The molecule has 0 heterocycles. The van der Waals surface area contributed by atoms with Crippen molar-refractivity contribution in [2.75, 3.05) is 0 Å². The maximum absolute atomic E-state index is 12.3. The lowest BCUT2D eigenvalue weighted by Crippen LogP contribution is -2.37. The number of aliphatic hydroxyl groups excluding tert-OH is 1. The van der Waals surface area contributed by atoms with Crippen LogP contribution in [0.25, 0.3) is 0 Å². The smallest absolute Gasteiger partial charge is 0.240 e. The third kappa shape index (κ3) is 3.91. The molecule has 112 valence electrons. The number of benzene rings is 2. The van der Waals surface area contributed by atoms with Gasteiger partial charge >= 0.3 is 0 Å². The molecule has 5 heteroatoms. The average molecular weight is 305 g/mol. The van der Waals surface area contributed by atoms with Gasteiger partial charge in [-0.05, 0) is 31.5 Å². The van der Waals surface area contributed by atoms with Crippen LogP contribution < -0.4 is 4.72 Å². The van der Waals surface area contributed by atoms with Crippen molar-refractivity contribution in [3.05, 3.63) is 65.7 Å². The number of aliphatic hydroxyl groups is 1. The van der Waals surface area contributed by atoms with Gasteiger partial charge in [-0.15, -0.1) is 0 Å². The number of aryl methyl sites for hydroxylation is 1. The van der Waals surface area contributed by atoms with Gasteiger partial charge in [-0.3, -0.25) is 0 Å². The normalized spacial score (nSPS) is 14.6. The number of nitrogens with one attached hydrogen (secondary N) is 1. The molecule has 0 saturated heterocycles. The minimum Gasteiger partial charge on any atom is -0.387 e. The van der Waals surface area contributed by atoms with Gasteiger partial charge in [0.1, 0.15) is 0 Å². The third-order valence-electron chi connectivity index (χ3n) is 3.29. The minimum absolute atomic E-state index is 0.195. The minimum atomic E-state index is -3.64. The molecule has 0 spiro atoms. The molecule has 0 bridgehead atoms. The van der Waals surface area contributed by atoms with Crippen LogP contribution in [-0.4, -0.2) is 19.6 Å². The maximum Gasteiger partial charge on any atom is 0.240 e. The average Bonchev–Trinajstić information content (AvgIpc) is 2.47. The van der Waals surface area contributed by atoms with Gasteiger partial charge in [0.15, 0.2) is 0 Å². The van der Waals surface area contributed by atoms with E-state index >= 15 is 0 Å². The molecule has 2 aromatic carbocycles. The van der Waals surface area contributed by atoms with Crippen molar-refractivity contribution in [2.45, 2.75) is 30.9 Å². The fraction of sp³-hybridized carbons (Fsp3) is 0.250. The Morgan fingerprint density at radius 2 is 1.57 bits per heavy atom. The van der Waals surface area contributed by atoms with Gasteiger partial charge in [0.25, 0.3) is 0 Å². The summed E-state index contributed by atoms with van der Waals surface area (Å²) >= 11 is 0. The predicted molar refractivity (Wildman–Crippen MR) is 82.4 cm³/mol. The summed E-state index contributed by atoms with van der Waals surface area (Å²) in [7, 11) is -3.64. The number of hydrogen-bond donors (Lipinski definition) is 2. The van der Waals surface area contributed by atoms with Crippen molar-refractivity contribution in [1.82, 2.24) is 4.72 Å². The van der Waals surface area contributed by atoms with E-state index in [1.165, 1.54) is 0 Å². The number of sulfonamides is 1. The summed E-state index contributed by atoms with van der Waals surface area (Å²) in [5, 5.41) is 10.2. The summed E-state index contributed by atoms with van der Waals surface area (Å²) in [6.07, 6.45) is -0.897. The van der Waals surface area contributed by atoms with Crippen LogP contribution in [0.15, 0.2) is 59.5 Å². The van der Waals surface area contributed by atoms with Crippen LogP contribution >= 0.6 is 0 Å². The summed E-state index contributed by atoms with van der Waals surface area (Å²) in [6.45, 7) is 3.54. The molecule has 2 atom stereocenters. The topological polar surface area (TPSA) is 66.4 Å². The Morgan fingerprint density at radius 3 is 2.14 bits per heavy atom. The lowest BCUT2D eigenvalue weighted by atomic mass is 10.0. The highest BCUT2D eigenvalue weighted by Gasteiger charge is 2.23. The molecular formula is C16H19NO3S. The number of rotatable bonds is 5.